The zero-order valence-electron chi connectivity index (χ0n) is 24.8. The van der Waals surface area contributed by atoms with Crippen molar-refractivity contribution in [3.63, 3.8) is 0 Å². The van der Waals surface area contributed by atoms with E-state index in [1.54, 1.807) is 7.11 Å². The second kappa shape index (κ2) is 8.83. The molecule has 0 N–H and O–H groups in total. The van der Waals surface area contributed by atoms with Gasteiger partial charge in [-0.05, 0) is 97.7 Å². The van der Waals surface area contributed by atoms with Crippen molar-refractivity contribution < 1.29 is 28.6 Å². The standard InChI is InChI=1S/C32H48O6/c1-19-11-14-32(27(35)37-8)16-15-30(5)21(25(32)20(19)2)9-10-23-28(3)17-24(33)38-18-29(4,26(34)36-7)22(28)12-13-31(23,30)6/h9,19-20,22-23,25H,10-18H2,1-8H3. The van der Waals surface area contributed by atoms with Crippen LogP contribution in [0.15, 0.2) is 11.6 Å². The summed E-state index contributed by atoms with van der Waals surface area (Å²) < 4.78 is 16.5. The quantitative estimate of drug-likeness (QED) is 0.244. The number of ether oxygens (including phenoxy) is 3. The lowest BCUT2D eigenvalue weighted by molar-refractivity contribution is -0.190. The Morgan fingerprint density at radius 3 is 2.26 bits per heavy atom. The van der Waals surface area contributed by atoms with Crippen LogP contribution in [-0.2, 0) is 28.6 Å². The molecule has 0 aromatic rings. The van der Waals surface area contributed by atoms with E-state index < -0.39 is 16.2 Å². The lowest BCUT2D eigenvalue weighted by atomic mass is 9.34. The number of cyclic esters (lactones) is 1. The van der Waals surface area contributed by atoms with Gasteiger partial charge in [-0.1, -0.05) is 46.3 Å². The molecule has 212 valence electrons. The first kappa shape index (κ1) is 27.7. The summed E-state index contributed by atoms with van der Waals surface area (Å²) in [4.78, 5) is 39.7. The summed E-state index contributed by atoms with van der Waals surface area (Å²) in [6, 6.07) is 0. The molecule has 4 fully saturated rings. The summed E-state index contributed by atoms with van der Waals surface area (Å²) in [5, 5.41) is 0. The van der Waals surface area contributed by atoms with Gasteiger partial charge in [-0.25, -0.2) is 0 Å². The molecule has 0 bridgehead atoms. The second-order valence-corrected chi connectivity index (χ2v) is 14.5. The molecule has 0 amide bonds. The van der Waals surface area contributed by atoms with Gasteiger partial charge in [-0.3, -0.25) is 14.4 Å². The molecule has 1 aliphatic heterocycles. The molecule has 3 saturated carbocycles. The van der Waals surface area contributed by atoms with Gasteiger partial charge in [0.2, 0.25) is 0 Å². The van der Waals surface area contributed by atoms with Gasteiger partial charge in [-0.15, -0.1) is 0 Å². The van der Waals surface area contributed by atoms with Crippen LogP contribution in [0.3, 0.4) is 0 Å². The van der Waals surface area contributed by atoms with E-state index in [4.69, 9.17) is 14.2 Å². The summed E-state index contributed by atoms with van der Waals surface area (Å²) in [5.74, 6) is 0.824. The molecule has 4 aliphatic carbocycles. The summed E-state index contributed by atoms with van der Waals surface area (Å²) >= 11 is 0. The monoisotopic (exact) mass is 528 g/mol. The Bertz CT molecular complexity index is 1060. The van der Waals surface area contributed by atoms with Crippen molar-refractivity contribution in [3.8, 4) is 0 Å². The number of carbonyl (C=O) groups is 3. The molecule has 6 nitrogen and oxygen atoms in total. The van der Waals surface area contributed by atoms with Crippen LogP contribution in [0.25, 0.3) is 0 Å². The van der Waals surface area contributed by atoms with Crippen molar-refractivity contribution >= 4 is 17.9 Å². The van der Waals surface area contributed by atoms with E-state index in [9.17, 15) is 14.4 Å². The number of carbonyl (C=O) groups excluding carboxylic acids is 3. The van der Waals surface area contributed by atoms with Crippen LogP contribution < -0.4 is 0 Å². The third kappa shape index (κ3) is 3.33. The molecule has 5 rings (SSSR count). The predicted molar refractivity (Wildman–Crippen MR) is 144 cm³/mol. The summed E-state index contributed by atoms with van der Waals surface area (Å²) in [7, 11) is 2.98. The van der Waals surface area contributed by atoms with Gasteiger partial charge in [0.1, 0.15) is 12.0 Å². The first-order valence-electron chi connectivity index (χ1n) is 14.8. The average molecular weight is 529 g/mol. The van der Waals surface area contributed by atoms with Gasteiger partial charge in [0.05, 0.1) is 26.1 Å². The molecule has 0 radical (unpaired) electrons. The highest BCUT2D eigenvalue weighted by atomic mass is 16.5. The fraction of sp³-hybridized carbons (Fsp3) is 0.844. The number of esters is 3. The Morgan fingerprint density at radius 1 is 0.921 bits per heavy atom. The van der Waals surface area contributed by atoms with Crippen LogP contribution in [0, 0.1) is 56.7 Å². The van der Waals surface area contributed by atoms with E-state index in [2.05, 4.69) is 40.7 Å². The molecule has 6 heteroatoms. The summed E-state index contributed by atoms with van der Waals surface area (Å²) in [6.45, 7) is 13.8. The predicted octanol–water partition coefficient (Wildman–Crippen LogP) is 6.12. The largest absolute Gasteiger partial charge is 0.469 e. The van der Waals surface area contributed by atoms with Crippen molar-refractivity contribution in [1.29, 1.82) is 0 Å². The number of allylic oxidation sites excluding steroid dienone is 2. The molecule has 0 spiro atoms. The number of hydrogen-bond donors (Lipinski definition) is 0. The molecular formula is C32H48O6. The van der Waals surface area contributed by atoms with Crippen LogP contribution in [0.2, 0.25) is 0 Å². The molecule has 38 heavy (non-hydrogen) atoms. The van der Waals surface area contributed by atoms with Crippen LogP contribution >= 0.6 is 0 Å². The Kier molecular flexibility index (Phi) is 6.44. The molecule has 0 aromatic heterocycles. The summed E-state index contributed by atoms with van der Waals surface area (Å²) in [6.07, 6.45) is 9.22. The molecule has 1 saturated heterocycles. The van der Waals surface area contributed by atoms with Gasteiger partial charge < -0.3 is 14.2 Å². The van der Waals surface area contributed by atoms with Crippen LogP contribution in [0.1, 0.15) is 92.9 Å². The lowest BCUT2D eigenvalue weighted by Gasteiger charge is -2.69. The Balaban J connectivity index is 1.64. The van der Waals surface area contributed by atoms with Crippen molar-refractivity contribution in [2.24, 2.45) is 56.7 Å². The SMILES string of the molecule is COC(=O)C1(C)COC(=O)CC2(C)C1CCC1(C)C2CC=C2C3C(C)C(C)CCC3(C(=O)OC)CCC21C. The Hall–Kier alpha value is -1.85. The third-order valence-corrected chi connectivity index (χ3v) is 13.3. The highest BCUT2D eigenvalue weighted by molar-refractivity contribution is 5.80. The zero-order chi connectivity index (χ0) is 27.9. The van der Waals surface area contributed by atoms with E-state index in [1.165, 1.54) is 12.7 Å². The Labute approximate surface area is 228 Å². The molecule has 0 aromatic carbocycles. The molecule has 5 aliphatic rings. The number of fused-ring (bicyclic) bond motifs is 7. The maximum Gasteiger partial charge on any atom is 0.315 e. The van der Waals surface area contributed by atoms with Crippen LogP contribution in [-0.4, -0.2) is 38.7 Å². The average Bonchev–Trinajstić information content (AvgIpc) is 2.98. The topological polar surface area (TPSA) is 78.9 Å². The highest BCUT2D eigenvalue weighted by Gasteiger charge is 2.70. The normalized spacial score (nSPS) is 50.1. The van der Waals surface area contributed by atoms with E-state index in [-0.39, 0.29) is 53.1 Å². The minimum absolute atomic E-state index is 0.00287. The van der Waals surface area contributed by atoms with E-state index >= 15 is 0 Å². The number of methoxy groups -OCH3 is 2. The van der Waals surface area contributed by atoms with Crippen LogP contribution in [0.4, 0.5) is 0 Å². The van der Waals surface area contributed by atoms with Gasteiger partial charge in [0, 0.05) is 0 Å². The number of rotatable bonds is 2. The number of hydrogen-bond acceptors (Lipinski definition) is 6. The zero-order valence-corrected chi connectivity index (χ0v) is 24.8. The van der Waals surface area contributed by atoms with Crippen LogP contribution in [0.5, 0.6) is 0 Å². The van der Waals surface area contributed by atoms with Crippen molar-refractivity contribution in [2.45, 2.75) is 92.9 Å². The minimum atomic E-state index is -0.859. The van der Waals surface area contributed by atoms with Gasteiger partial charge in [0.15, 0.2) is 0 Å². The first-order valence-corrected chi connectivity index (χ1v) is 14.8. The molecule has 10 atom stereocenters. The second-order valence-electron chi connectivity index (χ2n) is 14.5. The highest BCUT2D eigenvalue weighted by Crippen LogP contribution is 2.75. The van der Waals surface area contributed by atoms with E-state index in [1.807, 2.05) is 6.92 Å². The van der Waals surface area contributed by atoms with Crippen molar-refractivity contribution in [1.82, 2.24) is 0 Å². The van der Waals surface area contributed by atoms with Crippen molar-refractivity contribution in [3.05, 3.63) is 11.6 Å². The molecular weight excluding hydrogens is 480 g/mol. The van der Waals surface area contributed by atoms with Crippen molar-refractivity contribution in [2.75, 3.05) is 20.8 Å². The summed E-state index contributed by atoms with van der Waals surface area (Å²) in [5.41, 5.74) is -0.382. The van der Waals surface area contributed by atoms with Gasteiger partial charge in [-0.2, -0.15) is 0 Å². The van der Waals surface area contributed by atoms with Gasteiger partial charge >= 0.3 is 17.9 Å². The minimum Gasteiger partial charge on any atom is -0.469 e. The fourth-order valence-corrected chi connectivity index (χ4v) is 10.8. The third-order valence-electron chi connectivity index (χ3n) is 13.3. The smallest absolute Gasteiger partial charge is 0.315 e. The maximum atomic E-state index is 13.4. The lowest BCUT2D eigenvalue weighted by Crippen LogP contribution is -2.64. The van der Waals surface area contributed by atoms with E-state index in [0.717, 1.165) is 44.9 Å². The fourth-order valence-electron chi connectivity index (χ4n) is 10.8. The van der Waals surface area contributed by atoms with E-state index in [0.29, 0.717) is 18.3 Å². The molecule has 1 heterocycles. The van der Waals surface area contributed by atoms with Gasteiger partial charge in [0.25, 0.3) is 0 Å². The Morgan fingerprint density at radius 2 is 1.61 bits per heavy atom. The maximum absolute atomic E-state index is 13.4. The molecule has 10 unspecified atom stereocenters. The first-order chi connectivity index (χ1) is 17.7.